The Morgan fingerprint density at radius 3 is 2.53 bits per heavy atom. The number of thioether (sulfide) groups is 1. The van der Waals surface area contributed by atoms with Gasteiger partial charge in [-0.1, -0.05) is 12.1 Å². The van der Waals surface area contributed by atoms with E-state index in [4.69, 9.17) is 0 Å². The van der Waals surface area contributed by atoms with E-state index in [1.165, 1.54) is 20.9 Å². The highest BCUT2D eigenvalue weighted by Gasteiger charge is 2.25. The van der Waals surface area contributed by atoms with E-state index in [1.807, 2.05) is 6.26 Å². The standard InChI is InChI=1S/C22H23N5O4S/c1-25-16-9-8-13(12-18(16)26(2)22(25)31)23-19(28)17(10-11-32-3)27-20(29)14-6-4-5-7-15(14)24-21(27)30/h4-9,12,17H,10-11H2,1-3H3,(H,23,28)(H,24,30). The number of nitrogens with zero attached hydrogens (tertiary/aromatic N) is 3. The van der Waals surface area contributed by atoms with Crippen LogP contribution in [-0.2, 0) is 18.9 Å². The fourth-order valence-corrected chi connectivity index (χ4v) is 4.34. The second-order valence-corrected chi connectivity index (χ2v) is 8.53. The normalized spacial score (nSPS) is 12.3. The molecule has 0 saturated carbocycles. The van der Waals surface area contributed by atoms with Gasteiger partial charge in [-0.3, -0.25) is 18.7 Å². The molecule has 2 N–H and O–H groups in total. The number of carbonyl (C=O) groups is 1. The summed E-state index contributed by atoms with van der Waals surface area (Å²) in [6.45, 7) is 0. The summed E-state index contributed by atoms with van der Waals surface area (Å²) in [5, 5.41) is 3.16. The minimum atomic E-state index is -0.987. The molecule has 9 nitrogen and oxygen atoms in total. The fourth-order valence-electron chi connectivity index (χ4n) is 3.88. The van der Waals surface area contributed by atoms with E-state index < -0.39 is 23.2 Å². The van der Waals surface area contributed by atoms with E-state index in [0.29, 0.717) is 34.3 Å². The molecule has 0 fully saturated rings. The highest BCUT2D eigenvalue weighted by Crippen LogP contribution is 2.20. The molecule has 1 atom stereocenters. The quantitative estimate of drug-likeness (QED) is 0.463. The molecule has 0 spiro atoms. The first kappa shape index (κ1) is 21.7. The zero-order chi connectivity index (χ0) is 23.0. The molecule has 1 amide bonds. The van der Waals surface area contributed by atoms with Gasteiger partial charge in [0, 0.05) is 19.8 Å². The van der Waals surface area contributed by atoms with Crippen LogP contribution in [0.3, 0.4) is 0 Å². The molecular formula is C22H23N5O4S. The van der Waals surface area contributed by atoms with Crippen LogP contribution < -0.4 is 22.3 Å². The van der Waals surface area contributed by atoms with Gasteiger partial charge in [0.1, 0.15) is 6.04 Å². The summed E-state index contributed by atoms with van der Waals surface area (Å²) in [5.74, 6) is 0.116. The maximum Gasteiger partial charge on any atom is 0.329 e. The smallest absolute Gasteiger partial charge is 0.324 e. The van der Waals surface area contributed by atoms with E-state index in [0.717, 1.165) is 10.1 Å². The summed E-state index contributed by atoms with van der Waals surface area (Å²) >= 11 is 1.52. The maximum absolute atomic E-state index is 13.2. The van der Waals surface area contributed by atoms with Gasteiger partial charge in [-0.2, -0.15) is 11.8 Å². The van der Waals surface area contributed by atoms with E-state index >= 15 is 0 Å². The molecule has 0 aliphatic heterocycles. The Morgan fingerprint density at radius 2 is 1.78 bits per heavy atom. The molecule has 2 aromatic carbocycles. The van der Waals surface area contributed by atoms with Gasteiger partial charge in [0.2, 0.25) is 5.91 Å². The predicted octanol–water partition coefficient (Wildman–Crippen LogP) is 1.81. The third-order valence-electron chi connectivity index (χ3n) is 5.59. The Hall–Kier alpha value is -3.53. The first-order chi connectivity index (χ1) is 15.3. The van der Waals surface area contributed by atoms with Crippen LogP contribution in [0.5, 0.6) is 0 Å². The molecule has 0 saturated heterocycles. The van der Waals surface area contributed by atoms with Crippen molar-refractivity contribution in [3.63, 3.8) is 0 Å². The Kier molecular flexibility index (Phi) is 5.79. The number of imidazole rings is 1. The summed E-state index contributed by atoms with van der Waals surface area (Å²) in [7, 11) is 3.34. The number of hydrogen-bond donors (Lipinski definition) is 2. The number of H-pyrrole nitrogens is 1. The number of nitrogens with one attached hydrogen (secondary N) is 2. The Balaban J connectivity index is 1.76. The van der Waals surface area contributed by atoms with Crippen LogP contribution in [0.4, 0.5) is 5.69 Å². The Labute approximate surface area is 186 Å². The topological polar surface area (TPSA) is 111 Å². The number of aromatic nitrogens is 4. The Bertz CT molecular complexity index is 1510. The molecule has 0 bridgehead atoms. The fraction of sp³-hybridized carbons (Fsp3) is 0.273. The van der Waals surface area contributed by atoms with Crippen molar-refractivity contribution in [2.24, 2.45) is 14.1 Å². The van der Waals surface area contributed by atoms with Crippen molar-refractivity contribution in [1.29, 1.82) is 0 Å². The SMILES string of the molecule is CSCCC(C(=O)Nc1ccc2c(c1)n(C)c(=O)n2C)n1c(=O)[nH]c2ccccc2c1=O. The number of benzene rings is 2. The van der Waals surface area contributed by atoms with Crippen LogP contribution in [0.15, 0.2) is 56.8 Å². The third kappa shape index (κ3) is 3.66. The molecule has 32 heavy (non-hydrogen) atoms. The molecule has 10 heteroatoms. The average molecular weight is 454 g/mol. The molecule has 0 radical (unpaired) electrons. The first-order valence-electron chi connectivity index (χ1n) is 10.0. The van der Waals surface area contributed by atoms with Gasteiger partial charge in [0.15, 0.2) is 0 Å². The highest BCUT2D eigenvalue weighted by atomic mass is 32.2. The zero-order valence-corrected chi connectivity index (χ0v) is 18.7. The zero-order valence-electron chi connectivity index (χ0n) is 17.9. The number of aromatic amines is 1. The van der Waals surface area contributed by atoms with Crippen LogP contribution in [0.2, 0.25) is 0 Å². The van der Waals surface area contributed by atoms with Gasteiger partial charge in [-0.05, 0) is 48.8 Å². The van der Waals surface area contributed by atoms with E-state index in [1.54, 1.807) is 56.6 Å². The van der Waals surface area contributed by atoms with Crippen molar-refractivity contribution >= 4 is 45.3 Å². The van der Waals surface area contributed by atoms with Gasteiger partial charge in [-0.15, -0.1) is 0 Å². The van der Waals surface area contributed by atoms with Crippen molar-refractivity contribution in [2.45, 2.75) is 12.5 Å². The molecule has 4 rings (SSSR count). The highest BCUT2D eigenvalue weighted by molar-refractivity contribution is 7.98. The lowest BCUT2D eigenvalue weighted by molar-refractivity contribution is -0.119. The molecule has 4 aromatic rings. The lowest BCUT2D eigenvalue weighted by atomic mass is 10.1. The van der Waals surface area contributed by atoms with E-state index in [9.17, 15) is 19.2 Å². The molecular weight excluding hydrogens is 430 g/mol. The lowest BCUT2D eigenvalue weighted by Gasteiger charge is -2.19. The van der Waals surface area contributed by atoms with Crippen molar-refractivity contribution in [3.8, 4) is 0 Å². The van der Waals surface area contributed by atoms with Crippen LogP contribution in [0, 0.1) is 0 Å². The number of fused-ring (bicyclic) bond motifs is 2. The number of amides is 1. The first-order valence-corrected chi connectivity index (χ1v) is 11.4. The number of para-hydroxylation sites is 1. The minimum Gasteiger partial charge on any atom is -0.324 e. The molecule has 166 valence electrons. The average Bonchev–Trinajstić information content (AvgIpc) is 2.99. The summed E-state index contributed by atoms with van der Waals surface area (Å²) < 4.78 is 4.01. The van der Waals surface area contributed by atoms with Crippen molar-refractivity contribution in [3.05, 3.63) is 73.8 Å². The molecule has 2 heterocycles. The van der Waals surface area contributed by atoms with Gasteiger partial charge in [0.25, 0.3) is 5.56 Å². The molecule has 1 unspecified atom stereocenters. The second-order valence-electron chi connectivity index (χ2n) is 7.54. The van der Waals surface area contributed by atoms with Crippen molar-refractivity contribution in [2.75, 3.05) is 17.3 Å². The molecule has 0 aliphatic rings. The third-order valence-corrected chi connectivity index (χ3v) is 6.23. The van der Waals surface area contributed by atoms with Crippen LogP contribution in [0.1, 0.15) is 12.5 Å². The number of anilines is 1. The largest absolute Gasteiger partial charge is 0.329 e. The van der Waals surface area contributed by atoms with Crippen molar-refractivity contribution < 1.29 is 4.79 Å². The molecule has 2 aromatic heterocycles. The van der Waals surface area contributed by atoms with Gasteiger partial charge in [0.05, 0.1) is 21.9 Å². The molecule has 0 aliphatic carbocycles. The van der Waals surface area contributed by atoms with E-state index in [-0.39, 0.29) is 5.69 Å². The summed E-state index contributed by atoms with van der Waals surface area (Å²) in [5.41, 5.74) is 0.993. The van der Waals surface area contributed by atoms with Crippen molar-refractivity contribution in [1.82, 2.24) is 18.7 Å². The summed E-state index contributed by atoms with van der Waals surface area (Å²) in [6, 6.07) is 10.9. The summed E-state index contributed by atoms with van der Waals surface area (Å²) in [4.78, 5) is 54.0. The number of rotatable bonds is 6. The van der Waals surface area contributed by atoms with Crippen LogP contribution in [0.25, 0.3) is 21.9 Å². The number of aryl methyl sites for hydroxylation is 2. The van der Waals surface area contributed by atoms with Crippen LogP contribution >= 0.6 is 11.8 Å². The summed E-state index contributed by atoms with van der Waals surface area (Å²) in [6.07, 6.45) is 2.20. The van der Waals surface area contributed by atoms with Gasteiger partial charge in [-0.25, -0.2) is 14.2 Å². The minimum absolute atomic E-state index is 0.171. The van der Waals surface area contributed by atoms with Crippen LogP contribution in [-0.4, -0.2) is 36.6 Å². The maximum atomic E-state index is 13.2. The van der Waals surface area contributed by atoms with E-state index in [2.05, 4.69) is 10.3 Å². The monoisotopic (exact) mass is 453 g/mol. The number of carbonyl (C=O) groups excluding carboxylic acids is 1. The van der Waals surface area contributed by atoms with Gasteiger partial charge >= 0.3 is 11.4 Å². The predicted molar refractivity (Wildman–Crippen MR) is 128 cm³/mol. The van der Waals surface area contributed by atoms with Gasteiger partial charge < -0.3 is 10.3 Å². The second kappa shape index (κ2) is 8.54. The Morgan fingerprint density at radius 1 is 1.06 bits per heavy atom. The lowest BCUT2D eigenvalue weighted by Crippen LogP contribution is -2.43. The number of hydrogen-bond acceptors (Lipinski definition) is 5.